The molecule has 202 valence electrons. The van der Waals surface area contributed by atoms with Crippen LogP contribution in [0.25, 0.3) is 0 Å². The molecule has 0 bridgehead atoms. The molecule has 0 atom stereocenters. The van der Waals surface area contributed by atoms with Crippen LogP contribution in [0.4, 0.5) is 5.69 Å². The fourth-order valence-electron chi connectivity index (χ4n) is 3.24. The van der Waals surface area contributed by atoms with Gasteiger partial charge in [0.2, 0.25) is 5.75 Å². The van der Waals surface area contributed by atoms with Crippen LogP contribution in [0, 0.1) is 10.1 Å². The highest BCUT2D eigenvalue weighted by molar-refractivity contribution is 5.97. The van der Waals surface area contributed by atoms with Gasteiger partial charge in [-0.05, 0) is 42.0 Å². The van der Waals surface area contributed by atoms with E-state index >= 15 is 0 Å². The summed E-state index contributed by atoms with van der Waals surface area (Å²) in [6.07, 6.45) is 1.32. The van der Waals surface area contributed by atoms with Crippen molar-refractivity contribution in [1.82, 2.24) is 10.7 Å². The Labute approximate surface area is 222 Å². The summed E-state index contributed by atoms with van der Waals surface area (Å²) < 4.78 is 21.0. The topological polar surface area (TPSA) is 168 Å². The predicted octanol–water partition coefficient (Wildman–Crippen LogP) is 2.72. The number of hydrazone groups is 1. The van der Waals surface area contributed by atoms with Crippen molar-refractivity contribution in [3.63, 3.8) is 0 Å². The first-order valence-corrected chi connectivity index (χ1v) is 11.2. The number of benzene rings is 3. The highest BCUT2D eigenvalue weighted by Gasteiger charge is 2.17. The summed E-state index contributed by atoms with van der Waals surface area (Å²) in [4.78, 5) is 47.1. The van der Waals surface area contributed by atoms with Crippen molar-refractivity contribution < 1.29 is 38.3 Å². The highest BCUT2D eigenvalue weighted by Crippen LogP contribution is 2.38. The van der Waals surface area contributed by atoms with Crippen LogP contribution in [0.2, 0.25) is 0 Å². The first-order valence-electron chi connectivity index (χ1n) is 11.2. The lowest BCUT2D eigenvalue weighted by Crippen LogP contribution is -2.34. The van der Waals surface area contributed by atoms with Gasteiger partial charge < -0.3 is 24.3 Å². The van der Waals surface area contributed by atoms with Crippen molar-refractivity contribution in [3.05, 3.63) is 87.5 Å². The fraction of sp³-hybridized carbons (Fsp3) is 0.154. The summed E-state index contributed by atoms with van der Waals surface area (Å²) in [6, 6.07) is 14.2. The molecule has 0 aromatic heterocycles. The molecular formula is C26H24N4O9. The molecule has 0 aliphatic carbocycles. The Balaban J connectivity index is 1.54. The number of hydrogen-bond acceptors (Lipinski definition) is 10. The summed E-state index contributed by atoms with van der Waals surface area (Å²) in [5.74, 6) is -0.729. The van der Waals surface area contributed by atoms with Crippen molar-refractivity contribution in [2.75, 3.05) is 27.9 Å². The molecule has 0 heterocycles. The molecule has 13 heteroatoms. The highest BCUT2D eigenvalue weighted by atomic mass is 16.6. The van der Waals surface area contributed by atoms with E-state index in [0.717, 1.165) is 0 Å². The third kappa shape index (κ3) is 7.52. The number of esters is 1. The fourth-order valence-corrected chi connectivity index (χ4v) is 3.24. The number of nitrogens with one attached hydrogen (secondary N) is 2. The minimum absolute atomic E-state index is 0.139. The molecule has 0 saturated carbocycles. The quantitative estimate of drug-likeness (QED) is 0.123. The number of carbonyl (C=O) groups is 3. The minimum Gasteiger partial charge on any atom is -0.493 e. The molecule has 0 spiro atoms. The SMILES string of the molecule is COc1cc(C(=O)NCC(=O)N/N=C/c2cccc(OC(=O)c3ccc([N+](=O)[O-])cc3)c2)cc(OC)c1OC. The van der Waals surface area contributed by atoms with Crippen LogP contribution >= 0.6 is 0 Å². The summed E-state index contributed by atoms with van der Waals surface area (Å²) >= 11 is 0. The van der Waals surface area contributed by atoms with Crippen molar-refractivity contribution in [2.45, 2.75) is 0 Å². The predicted molar refractivity (Wildman–Crippen MR) is 139 cm³/mol. The van der Waals surface area contributed by atoms with E-state index in [0.29, 0.717) is 11.3 Å². The number of carbonyl (C=O) groups excluding carboxylic acids is 3. The second-order valence-electron chi connectivity index (χ2n) is 7.66. The van der Waals surface area contributed by atoms with Gasteiger partial charge in [0, 0.05) is 17.7 Å². The van der Waals surface area contributed by atoms with E-state index in [2.05, 4.69) is 15.8 Å². The maximum absolute atomic E-state index is 12.5. The maximum Gasteiger partial charge on any atom is 0.343 e. The van der Waals surface area contributed by atoms with Crippen LogP contribution in [0.15, 0.2) is 65.8 Å². The third-order valence-corrected chi connectivity index (χ3v) is 5.12. The van der Waals surface area contributed by atoms with E-state index in [1.807, 2.05) is 0 Å². The Hall–Kier alpha value is -5.46. The number of nitro benzene ring substituents is 1. The first kappa shape index (κ1) is 28.1. The van der Waals surface area contributed by atoms with E-state index < -0.39 is 22.7 Å². The van der Waals surface area contributed by atoms with Gasteiger partial charge >= 0.3 is 5.97 Å². The van der Waals surface area contributed by atoms with Gasteiger partial charge in [0.25, 0.3) is 17.5 Å². The maximum atomic E-state index is 12.5. The molecule has 3 aromatic rings. The molecular weight excluding hydrogens is 512 g/mol. The molecule has 2 N–H and O–H groups in total. The van der Waals surface area contributed by atoms with Gasteiger partial charge in [-0.1, -0.05) is 12.1 Å². The first-order chi connectivity index (χ1) is 18.7. The van der Waals surface area contributed by atoms with Crippen molar-refractivity contribution in [3.8, 4) is 23.0 Å². The van der Waals surface area contributed by atoms with Crippen molar-refractivity contribution >= 4 is 29.7 Å². The molecule has 2 amide bonds. The molecule has 3 aromatic carbocycles. The normalized spacial score (nSPS) is 10.4. The van der Waals surface area contributed by atoms with Crippen LogP contribution in [0.1, 0.15) is 26.3 Å². The smallest absolute Gasteiger partial charge is 0.343 e. The van der Waals surface area contributed by atoms with Crippen LogP contribution in [0.3, 0.4) is 0 Å². The number of hydrogen-bond donors (Lipinski definition) is 2. The van der Waals surface area contributed by atoms with Crippen molar-refractivity contribution in [1.29, 1.82) is 0 Å². The second kappa shape index (κ2) is 13.2. The molecule has 0 saturated heterocycles. The Bertz CT molecular complexity index is 1380. The van der Waals surface area contributed by atoms with Crippen LogP contribution < -0.4 is 29.7 Å². The van der Waals surface area contributed by atoms with Gasteiger partial charge in [0.1, 0.15) is 5.75 Å². The van der Waals surface area contributed by atoms with Crippen molar-refractivity contribution in [2.24, 2.45) is 5.10 Å². The summed E-state index contributed by atoms with van der Waals surface area (Å²) in [5, 5.41) is 17.1. The van der Waals surface area contributed by atoms with Crippen LogP contribution in [-0.2, 0) is 4.79 Å². The zero-order valence-corrected chi connectivity index (χ0v) is 21.1. The molecule has 0 aliphatic heterocycles. The average molecular weight is 536 g/mol. The Morgan fingerprint density at radius 3 is 2.18 bits per heavy atom. The average Bonchev–Trinajstić information content (AvgIpc) is 2.95. The lowest BCUT2D eigenvalue weighted by atomic mass is 10.1. The summed E-state index contributed by atoms with van der Waals surface area (Å²) in [7, 11) is 4.28. The van der Waals surface area contributed by atoms with Gasteiger partial charge in [0.15, 0.2) is 11.5 Å². The summed E-state index contributed by atoms with van der Waals surface area (Å²) in [5.41, 5.74) is 2.98. The van der Waals surface area contributed by atoms with E-state index in [4.69, 9.17) is 18.9 Å². The lowest BCUT2D eigenvalue weighted by Gasteiger charge is -2.14. The molecule has 3 rings (SSSR count). The number of non-ortho nitro benzene ring substituents is 1. The van der Waals surface area contributed by atoms with Gasteiger partial charge in [0.05, 0.1) is 44.6 Å². The summed E-state index contributed by atoms with van der Waals surface area (Å²) in [6.45, 7) is -0.361. The molecule has 39 heavy (non-hydrogen) atoms. The van der Waals surface area contributed by atoms with Gasteiger partial charge in [-0.15, -0.1) is 0 Å². The standard InChI is InChI=1S/C26H24N4O9/c1-36-21-12-18(13-22(37-2)24(21)38-3)25(32)27-15-23(31)29-28-14-16-5-4-6-20(11-16)39-26(33)17-7-9-19(10-8-17)30(34)35/h4-14H,15H2,1-3H3,(H,27,32)(H,29,31)/b28-14+. The van der Waals surface area contributed by atoms with Gasteiger partial charge in [-0.3, -0.25) is 19.7 Å². The number of rotatable bonds is 11. The molecule has 13 nitrogen and oxygen atoms in total. The van der Waals surface area contributed by atoms with E-state index in [1.165, 1.54) is 76.1 Å². The van der Waals surface area contributed by atoms with E-state index in [9.17, 15) is 24.5 Å². The minimum atomic E-state index is -0.699. The molecule has 0 aliphatic rings. The van der Waals surface area contributed by atoms with Gasteiger partial charge in [-0.2, -0.15) is 5.10 Å². The zero-order chi connectivity index (χ0) is 28.4. The zero-order valence-electron chi connectivity index (χ0n) is 21.1. The number of ether oxygens (including phenoxy) is 4. The van der Waals surface area contributed by atoms with E-state index in [1.54, 1.807) is 12.1 Å². The largest absolute Gasteiger partial charge is 0.493 e. The lowest BCUT2D eigenvalue weighted by molar-refractivity contribution is -0.384. The van der Waals surface area contributed by atoms with Gasteiger partial charge in [-0.25, -0.2) is 10.2 Å². The number of amides is 2. The second-order valence-corrected chi connectivity index (χ2v) is 7.66. The third-order valence-electron chi connectivity index (χ3n) is 5.12. The van der Waals surface area contributed by atoms with Crippen LogP contribution in [0.5, 0.6) is 23.0 Å². The number of nitro groups is 1. The molecule has 0 fully saturated rings. The number of nitrogens with zero attached hydrogens (tertiary/aromatic N) is 2. The van der Waals surface area contributed by atoms with Crippen LogP contribution in [-0.4, -0.2) is 56.8 Å². The van der Waals surface area contributed by atoms with E-state index in [-0.39, 0.29) is 40.6 Å². The molecule has 0 unspecified atom stereocenters. The Morgan fingerprint density at radius 1 is 0.923 bits per heavy atom. The molecule has 0 radical (unpaired) electrons. The Kier molecular flexibility index (Phi) is 9.51. The monoisotopic (exact) mass is 536 g/mol. The Morgan fingerprint density at radius 2 is 1.59 bits per heavy atom. The number of methoxy groups -OCH3 is 3.